The minimum atomic E-state index is -1.10. The third-order valence-electron chi connectivity index (χ3n) is 1.12. The van der Waals surface area contributed by atoms with Crippen molar-refractivity contribution in [2.24, 2.45) is 0 Å². The van der Waals surface area contributed by atoms with Gasteiger partial charge in [-0.1, -0.05) is 0 Å². The Kier molecular flexibility index (Phi) is 1.33. The highest BCUT2D eigenvalue weighted by molar-refractivity contribution is 5.84. The number of carbonyl (C=O) groups is 1. The summed E-state index contributed by atoms with van der Waals surface area (Å²) in [5.74, 6) is -0.979. The van der Waals surface area contributed by atoms with Crippen LogP contribution in [0.25, 0.3) is 0 Å². The largest absolute Gasteiger partial charge is 0.475 e. The molecular formula is C5H7N3O2. The van der Waals surface area contributed by atoms with Crippen LogP contribution in [-0.2, 0) is 0 Å². The number of hydrogen-bond donors (Lipinski definition) is 3. The summed E-state index contributed by atoms with van der Waals surface area (Å²) in [4.78, 5) is 16.3. The molecule has 5 nitrogen and oxygen atoms in total. The van der Waals surface area contributed by atoms with Crippen LogP contribution in [-0.4, -0.2) is 21.0 Å². The number of nitrogens with two attached hydrogens (primary N) is 1. The summed E-state index contributed by atoms with van der Waals surface area (Å²) in [5.41, 5.74) is 5.85. The molecule has 4 N–H and O–H groups in total. The first-order valence-electron chi connectivity index (χ1n) is 2.66. The lowest BCUT2D eigenvalue weighted by Gasteiger charge is -1.80. The van der Waals surface area contributed by atoms with Crippen molar-refractivity contribution in [2.45, 2.75) is 6.92 Å². The molecule has 5 heteroatoms. The summed E-state index contributed by atoms with van der Waals surface area (Å²) < 4.78 is 0. The second-order valence-corrected chi connectivity index (χ2v) is 1.90. The number of aromatic amines is 1. The molecule has 0 amide bonds. The van der Waals surface area contributed by atoms with E-state index >= 15 is 0 Å². The molecule has 1 aromatic heterocycles. The third-order valence-corrected chi connectivity index (χ3v) is 1.12. The predicted octanol–water partition coefficient (Wildman–Crippen LogP) is -0.00148. The number of aromatic nitrogens is 2. The highest BCUT2D eigenvalue weighted by atomic mass is 16.4. The maximum Gasteiger partial charge on any atom is 0.371 e. The van der Waals surface area contributed by atoms with Crippen LogP contribution in [0.4, 0.5) is 5.82 Å². The van der Waals surface area contributed by atoms with Crippen molar-refractivity contribution >= 4 is 11.8 Å². The normalized spacial score (nSPS) is 9.70. The number of anilines is 1. The smallest absolute Gasteiger partial charge is 0.371 e. The van der Waals surface area contributed by atoms with E-state index in [-0.39, 0.29) is 11.6 Å². The lowest BCUT2D eigenvalue weighted by Crippen LogP contribution is -1.98. The monoisotopic (exact) mass is 141 g/mol. The molecule has 0 aliphatic carbocycles. The molecule has 54 valence electrons. The topological polar surface area (TPSA) is 92.0 Å². The van der Waals surface area contributed by atoms with Crippen LogP contribution in [0.5, 0.6) is 0 Å². The van der Waals surface area contributed by atoms with Crippen molar-refractivity contribution in [3.8, 4) is 0 Å². The molecule has 1 heterocycles. The minimum absolute atomic E-state index is 0.116. The van der Waals surface area contributed by atoms with Crippen molar-refractivity contribution in [3.63, 3.8) is 0 Å². The molecule has 0 aliphatic rings. The first-order chi connectivity index (χ1) is 4.61. The van der Waals surface area contributed by atoms with Gasteiger partial charge in [-0.3, -0.25) is 0 Å². The van der Waals surface area contributed by atoms with E-state index in [0.717, 1.165) is 0 Å². The van der Waals surface area contributed by atoms with Gasteiger partial charge in [0.05, 0.1) is 5.69 Å². The molecule has 0 saturated carbocycles. The van der Waals surface area contributed by atoms with Crippen molar-refractivity contribution in [3.05, 3.63) is 11.5 Å². The fourth-order valence-electron chi connectivity index (χ4n) is 0.575. The lowest BCUT2D eigenvalue weighted by atomic mass is 10.5. The third kappa shape index (κ3) is 0.928. The van der Waals surface area contributed by atoms with Crippen LogP contribution < -0.4 is 5.73 Å². The maximum absolute atomic E-state index is 10.2. The quantitative estimate of drug-likeness (QED) is 0.513. The fourth-order valence-corrected chi connectivity index (χ4v) is 0.575. The average Bonchev–Trinajstić information content (AvgIpc) is 2.13. The Morgan fingerprint density at radius 1 is 1.80 bits per heavy atom. The number of carboxylic acids is 1. The Bertz CT molecular complexity index is 246. The molecule has 0 unspecified atom stereocenters. The molecule has 0 radical (unpaired) electrons. The van der Waals surface area contributed by atoms with Crippen LogP contribution >= 0.6 is 0 Å². The van der Waals surface area contributed by atoms with Crippen LogP contribution in [0.1, 0.15) is 16.3 Å². The van der Waals surface area contributed by atoms with E-state index in [1.807, 2.05) is 0 Å². The molecule has 10 heavy (non-hydrogen) atoms. The fraction of sp³-hybridized carbons (Fsp3) is 0.200. The summed E-state index contributed by atoms with van der Waals surface area (Å²) in [6, 6.07) is 0. The van der Waals surface area contributed by atoms with Gasteiger partial charge in [-0.2, -0.15) is 0 Å². The zero-order valence-corrected chi connectivity index (χ0v) is 5.38. The second-order valence-electron chi connectivity index (χ2n) is 1.90. The number of aromatic carboxylic acids is 1. The highest BCUT2D eigenvalue weighted by Crippen LogP contribution is 2.04. The lowest BCUT2D eigenvalue weighted by molar-refractivity contribution is 0.0684. The van der Waals surface area contributed by atoms with E-state index in [1.165, 1.54) is 0 Å². The van der Waals surface area contributed by atoms with Gasteiger partial charge in [0.1, 0.15) is 5.82 Å². The Balaban J connectivity index is 3.10. The zero-order valence-electron chi connectivity index (χ0n) is 5.38. The van der Waals surface area contributed by atoms with Crippen molar-refractivity contribution in [1.29, 1.82) is 0 Å². The highest BCUT2D eigenvalue weighted by Gasteiger charge is 2.08. The molecule has 0 bridgehead atoms. The number of rotatable bonds is 1. The molecule has 0 atom stereocenters. The molecular weight excluding hydrogens is 134 g/mol. The molecule has 0 aromatic carbocycles. The number of hydrogen-bond acceptors (Lipinski definition) is 3. The van der Waals surface area contributed by atoms with E-state index in [0.29, 0.717) is 5.69 Å². The van der Waals surface area contributed by atoms with Gasteiger partial charge in [0.25, 0.3) is 0 Å². The van der Waals surface area contributed by atoms with Crippen LogP contribution in [0, 0.1) is 6.92 Å². The standard InChI is InChI=1S/C5H7N3O2/c1-2-3(6)8-4(7-2)5(9)10/h6H2,1H3,(H,7,8)(H,9,10). The van der Waals surface area contributed by atoms with Crippen LogP contribution in [0.3, 0.4) is 0 Å². The SMILES string of the molecule is Cc1[nH]c(C(=O)O)nc1N. The van der Waals surface area contributed by atoms with Gasteiger partial charge in [0.2, 0.25) is 5.82 Å². The van der Waals surface area contributed by atoms with E-state index in [1.54, 1.807) is 6.92 Å². The summed E-state index contributed by atoms with van der Waals surface area (Å²) >= 11 is 0. The number of H-pyrrole nitrogens is 1. The Hall–Kier alpha value is -1.52. The van der Waals surface area contributed by atoms with E-state index < -0.39 is 5.97 Å². The number of aryl methyl sites for hydroxylation is 1. The number of nitrogens with zero attached hydrogens (tertiary/aromatic N) is 1. The Labute approximate surface area is 56.9 Å². The van der Waals surface area contributed by atoms with Gasteiger partial charge in [-0.05, 0) is 6.92 Å². The molecule has 1 rings (SSSR count). The van der Waals surface area contributed by atoms with E-state index in [2.05, 4.69) is 9.97 Å². The van der Waals surface area contributed by atoms with Gasteiger partial charge in [0, 0.05) is 0 Å². The molecule has 0 saturated heterocycles. The summed E-state index contributed by atoms with van der Waals surface area (Å²) in [5, 5.41) is 8.37. The molecule has 0 fully saturated rings. The van der Waals surface area contributed by atoms with E-state index in [4.69, 9.17) is 10.8 Å². The number of imidazole rings is 1. The van der Waals surface area contributed by atoms with Crippen molar-refractivity contribution < 1.29 is 9.90 Å². The van der Waals surface area contributed by atoms with E-state index in [9.17, 15) is 4.79 Å². The summed E-state index contributed by atoms with van der Waals surface area (Å²) in [7, 11) is 0. The van der Waals surface area contributed by atoms with Crippen LogP contribution in [0.2, 0.25) is 0 Å². The number of carboxylic acid groups (broad SMARTS) is 1. The Morgan fingerprint density at radius 3 is 2.60 bits per heavy atom. The average molecular weight is 141 g/mol. The Morgan fingerprint density at radius 2 is 2.40 bits per heavy atom. The van der Waals surface area contributed by atoms with Gasteiger partial charge in [0.15, 0.2) is 0 Å². The van der Waals surface area contributed by atoms with Gasteiger partial charge < -0.3 is 15.8 Å². The van der Waals surface area contributed by atoms with Crippen molar-refractivity contribution in [2.75, 3.05) is 5.73 Å². The van der Waals surface area contributed by atoms with Gasteiger partial charge in [-0.25, -0.2) is 9.78 Å². The van der Waals surface area contributed by atoms with Crippen LogP contribution in [0.15, 0.2) is 0 Å². The molecule has 0 aliphatic heterocycles. The van der Waals surface area contributed by atoms with Gasteiger partial charge >= 0.3 is 5.97 Å². The first kappa shape index (κ1) is 6.60. The summed E-state index contributed by atoms with van der Waals surface area (Å²) in [6.07, 6.45) is 0. The number of nitrogen functional groups attached to an aromatic ring is 1. The van der Waals surface area contributed by atoms with Crippen molar-refractivity contribution in [1.82, 2.24) is 9.97 Å². The molecule has 0 spiro atoms. The van der Waals surface area contributed by atoms with Gasteiger partial charge in [-0.15, -0.1) is 0 Å². The summed E-state index contributed by atoms with van der Waals surface area (Å²) in [6.45, 7) is 1.66. The molecule has 1 aromatic rings. The first-order valence-corrected chi connectivity index (χ1v) is 2.66. The maximum atomic E-state index is 10.2. The predicted molar refractivity (Wildman–Crippen MR) is 34.7 cm³/mol. The second kappa shape index (κ2) is 2.02. The number of nitrogens with one attached hydrogen (secondary N) is 1. The zero-order chi connectivity index (χ0) is 7.72. The minimum Gasteiger partial charge on any atom is -0.475 e.